The number of hydrogen-bond acceptors (Lipinski definition) is 8. The molecule has 1 heterocycles. The van der Waals surface area contributed by atoms with E-state index >= 15 is 0 Å². The minimum absolute atomic E-state index is 0.687. The van der Waals surface area contributed by atoms with E-state index in [9.17, 15) is 18.8 Å². The SMILES string of the molecule is CO[C@H]1O[C@H](CF)[C@@H](OC(C)=O)[C@H](OC(C)=O)[C@H]1OC(C)=O. The van der Waals surface area contributed by atoms with Crippen LogP contribution in [0.25, 0.3) is 0 Å². The van der Waals surface area contributed by atoms with Crippen molar-refractivity contribution in [3.05, 3.63) is 0 Å². The van der Waals surface area contributed by atoms with Gasteiger partial charge in [-0.05, 0) is 0 Å². The highest BCUT2D eigenvalue weighted by atomic mass is 19.1. The first kappa shape index (κ1) is 18.3. The summed E-state index contributed by atoms with van der Waals surface area (Å²) in [4.78, 5) is 33.7. The monoisotopic (exact) mass is 322 g/mol. The Bertz CT molecular complexity index is 396. The molecule has 0 aromatic heterocycles. The summed E-state index contributed by atoms with van der Waals surface area (Å²) < 4.78 is 38.5. The van der Waals surface area contributed by atoms with Crippen molar-refractivity contribution in [2.24, 2.45) is 0 Å². The lowest BCUT2D eigenvalue weighted by atomic mass is 9.98. The van der Waals surface area contributed by atoms with Crippen molar-refractivity contribution >= 4 is 17.9 Å². The third kappa shape index (κ3) is 4.63. The van der Waals surface area contributed by atoms with E-state index in [0.717, 1.165) is 20.8 Å². The van der Waals surface area contributed by atoms with Crippen molar-refractivity contribution in [3.63, 3.8) is 0 Å². The van der Waals surface area contributed by atoms with Crippen LogP contribution in [-0.4, -0.2) is 62.4 Å². The maximum Gasteiger partial charge on any atom is 0.303 e. The van der Waals surface area contributed by atoms with Gasteiger partial charge in [0, 0.05) is 27.9 Å². The van der Waals surface area contributed by atoms with Crippen molar-refractivity contribution < 1.29 is 42.5 Å². The predicted octanol–water partition coefficient (Wildman–Crippen LogP) is 0.122. The van der Waals surface area contributed by atoms with Crippen LogP contribution in [0.5, 0.6) is 0 Å². The van der Waals surface area contributed by atoms with Crippen LogP contribution in [0.2, 0.25) is 0 Å². The fourth-order valence-electron chi connectivity index (χ4n) is 2.17. The Hall–Kier alpha value is -1.74. The third-order valence-corrected chi connectivity index (χ3v) is 2.88. The molecular weight excluding hydrogens is 303 g/mol. The lowest BCUT2D eigenvalue weighted by molar-refractivity contribution is -0.299. The Kier molecular flexibility index (Phi) is 6.69. The number of halogens is 1. The Morgan fingerprint density at radius 2 is 1.36 bits per heavy atom. The van der Waals surface area contributed by atoms with E-state index in [4.69, 9.17) is 23.7 Å². The van der Waals surface area contributed by atoms with Gasteiger partial charge in [-0.15, -0.1) is 0 Å². The van der Waals surface area contributed by atoms with Gasteiger partial charge in [0.05, 0.1) is 0 Å². The number of carbonyl (C=O) groups is 3. The van der Waals surface area contributed by atoms with Crippen LogP contribution in [0, 0.1) is 0 Å². The molecule has 1 aliphatic heterocycles. The largest absolute Gasteiger partial charge is 0.456 e. The summed E-state index contributed by atoms with van der Waals surface area (Å²) in [5.41, 5.74) is 0. The summed E-state index contributed by atoms with van der Waals surface area (Å²) >= 11 is 0. The molecule has 0 unspecified atom stereocenters. The van der Waals surface area contributed by atoms with Gasteiger partial charge in [-0.2, -0.15) is 0 Å². The number of alkyl halides is 1. The fourth-order valence-corrected chi connectivity index (χ4v) is 2.17. The highest BCUT2D eigenvalue weighted by Gasteiger charge is 2.52. The molecule has 0 amide bonds. The van der Waals surface area contributed by atoms with E-state index < -0.39 is 55.3 Å². The second kappa shape index (κ2) is 8.04. The number of esters is 3. The minimum Gasteiger partial charge on any atom is -0.456 e. The topological polar surface area (TPSA) is 97.4 Å². The molecule has 9 heteroatoms. The average molecular weight is 322 g/mol. The van der Waals surface area contributed by atoms with Crippen LogP contribution < -0.4 is 0 Å². The maximum atomic E-state index is 13.2. The van der Waals surface area contributed by atoms with E-state index in [0.29, 0.717) is 0 Å². The standard InChI is InChI=1S/C13H19FO8/c1-6(15)19-10-9(5-14)22-13(18-4)12(21-8(3)17)11(10)20-7(2)16/h9-13H,5H2,1-4H3/t9-,10-,11+,12-,13+/m1/s1. The van der Waals surface area contributed by atoms with Crippen LogP contribution in [0.1, 0.15) is 20.8 Å². The van der Waals surface area contributed by atoms with Gasteiger partial charge in [0.15, 0.2) is 24.6 Å². The van der Waals surface area contributed by atoms with Gasteiger partial charge in [0.2, 0.25) is 0 Å². The molecule has 0 bridgehead atoms. The summed E-state index contributed by atoms with van der Waals surface area (Å²) in [6.45, 7) is 2.36. The summed E-state index contributed by atoms with van der Waals surface area (Å²) in [6, 6.07) is 0. The quantitative estimate of drug-likeness (QED) is 0.520. The summed E-state index contributed by atoms with van der Waals surface area (Å²) in [5.74, 6) is -2.12. The molecule has 1 aliphatic rings. The lowest BCUT2D eigenvalue weighted by Gasteiger charge is -2.43. The summed E-state index contributed by atoms with van der Waals surface area (Å²) in [5, 5.41) is 0. The normalized spacial score (nSPS) is 31.2. The van der Waals surface area contributed by atoms with Crippen LogP contribution in [-0.2, 0) is 38.1 Å². The first-order valence-corrected chi connectivity index (χ1v) is 6.56. The predicted molar refractivity (Wildman–Crippen MR) is 68.3 cm³/mol. The zero-order valence-electron chi connectivity index (χ0n) is 12.7. The van der Waals surface area contributed by atoms with Crippen molar-refractivity contribution in [1.82, 2.24) is 0 Å². The first-order chi connectivity index (χ1) is 10.3. The number of ether oxygens (including phenoxy) is 5. The number of rotatable bonds is 5. The maximum absolute atomic E-state index is 13.2. The molecule has 22 heavy (non-hydrogen) atoms. The van der Waals surface area contributed by atoms with Gasteiger partial charge in [-0.25, -0.2) is 4.39 Å². The van der Waals surface area contributed by atoms with Crippen LogP contribution in [0.3, 0.4) is 0 Å². The van der Waals surface area contributed by atoms with Gasteiger partial charge in [0.1, 0.15) is 12.8 Å². The minimum atomic E-state index is -1.26. The molecule has 0 aromatic carbocycles. The highest BCUT2D eigenvalue weighted by Crippen LogP contribution is 2.29. The zero-order chi connectivity index (χ0) is 16.9. The molecule has 1 saturated heterocycles. The average Bonchev–Trinajstić information content (AvgIpc) is 2.41. The second-order valence-electron chi connectivity index (χ2n) is 4.66. The molecule has 0 radical (unpaired) electrons. The van der Waals surface area contributed by atoms with Crippen molar-refractivity contribution in [3.8, 4) is 0 Å². The summed E-state index contributed by atoms with van der Waals surface area (Å²) in [6.07, 6.45) is -6.09. The molecule has 8 nitrogen and oxygen atoms in total. The van der Waals surface area contributed by atoms with E-state index in [1.807, 2.05) is 0 Å². The van der Waals surface area contributed by atoms with Crippen molar-refractivity contribution in [2.45, 2.75) is 51.5 Å². The Labute approximate surface area is 126 Å². The van der Waals surface area contributed by atoms with Crippen LogP contribution in [0.4, 0.5) is 4.39 Å². The zero-order valence-corrected chi connectivity index (χ0v) is 12.7. The second-order valence-corrected chi connectivity index (χ2v) is 4.66. The molecule has 0 saturated carbocycles. The van der Waals surface area contributed by atoms with Crippen molar-refractivity contribution in [1.29, 1.82) is 0 Å². The summed E-state index contributed by atoms with van der Waals surface area (Å²) in [7, 11) is 1.26. The smallest absolute Gasteiger partial charge is 0.303 e. The third-order valence-electron chi connectivity index (χ3n) is 2.88. The molecule has 0 aliphatic carbocycles. The molecule has 126 valence electrons. The van der Waals surface area contributed by atoms with E-state index in [1.54, 1.807) is 0 Å². The fraction of sp³-hybridized carbons (Fsp3) is 0.769. The van der Waals surface area contributed by atoms with Gasteiger partial charge >= 0.3 is 17.9 Å². The Morgan fingerprint density at radius 1 is 0.909 bits per heavy atom. The highest BCUT2D eigenvalue weighted by molar-refractivity contribution is 5.68. The Balaban J connectivity index is 3.14. The van der Waals surface area contributed by atoms with Crippen LogP contribution >= 0.6 is 0 Å². The Morgan fingerprint density at radius 3 is 1.77 bits per heavy atom. The molecule has 0 N–H and O–H groups in total. The van der Waals surface area contributed by atoms with E-state index in [2.05, 4.69) is 0 Å². The first-order valence-electron chi connectivity index (χ1n) is 6.56. The van der Waals surface area contributed by atoms with E-state index in [-0.39, 0.29) is 0 Å². The van der Waals surface area contributed by atoms with E-state index in [1.165, 1.54) is 7.11 Å². The molecule has 1 fully saturated rings. The molecular formula is C13H19FO8. The lowest BCUT2D eigenvalue weighted by Crippen LogP contribution is -2.62. The van der Waals surface area contributed by atoms with Gasteiger partial charge in [0.25, 0.3) is 0 Å². The van der Waals surface area contributed by atoms with Gasteiger partial charge < -0.3 is 23.7 Å². The number of methoxy groups -OCH3 is 1. The van der Waals surface area contributed by atoms with Gasteiger partial charge in [-0.1, -0.05) is 0 Å². The van der Waals surface area contributed by atoms with Crippen LogP contribution in [0.15, 0.2) is 0 Å². The molecule has 0 spiro atoms. The van der Waals surface area contributed by atoms with Crippen molar-refractivity contribution in [2.75, 3.05) is 13.8 Å². The molecule has 1 rings (SSSR count). The molecule has 0 aromatic rings. The number of carbonyl (C=O) groups excluding carboxylic acids is 3. The molecule has 5 atom stereocenters. The van der Waals surface area contributed by atoms with Gasteiger partial charge in [-0.3, -0.25) is 14.4 Å². The number of hydrogen-bond donors (Lipinski definition) is 0.